The van der Waals surface area contributed by atoms with Gasteiger partial charge in [-0.15, -0.1) is 0 Å². The molecule has 0 bridgehead atoms. The molecule has 1 heterocycles. The minimum atomic E-state index is -4.10. The first-order chi connectivity index (χ1) is 9.31. The van der Waals surface area contributed by atoms with Crippen LogP contribution < -0.4 is 4.72 Å². The summed E-state index contributed by atoms with van der Waals surface area (Å²) in [6.45, 7) is 1.65. The van der Waals surface area contributed by atoms with Crippen molar-refractivity contribution < 1.29 is 17.2 Å². The van der Waals surface area contributed by atoms with Gasteiger partial charge in [-0.25, -0.2) is 21.9 Å². The van der Waals surface area contributed by atoms with Crippen LogP contribution in [0.1, 0.15) is 18.5 Å². The van der Waals surface area contributed by atoms with Crippen molar-refractivity contribution in [3.8, 4) is 0 Å². The fourth-order valence-electron chi connectivity index (χ4n) is 1.67. The van der Waals surface area contributed by atoms with Gasteiger partial charge in [-0.3, -0.25) is 0 Å². The summed E-state index contributed by atoms with van der Waals surface area (Å²) < 4.78 is 53.3. The minimum absolute atomic E-state index is 0.153. The Kier molecular flexibility index (Phi) is 4.58. The van der Waals surface area contributed by atoms with Gasteiger partial charge in [0.1, 0.15) is 16.5 Å². The van der Waals surface area contributed by atoms with Crippen LogP contribution >= 0.6 is 27.3 Å². The van der Waals surface area contributed by atoms with Crippen LogP contribution in [-0.2, 0) is 10.0 Å². The normalized spacial score (nSPS) is 13.4. The van der Waals surface area contributed by atoms with Gasteiger partial charge in [0.25, 0.3) is 0 Å². The molecule has 1 aromatic carbocycles. The highest BCUT2D eigenvalue weighted by Crippen LogP contribution is 2.28. The Morgan fingerprint density at radius 1 is 1.35 bits per heavy atom. The molecule has 1 unspecified atom stereocenters. The summed E-state index contributed by atoms with van der Waals surface area (Å²) in [5.74, 6) is -1.99. The summed E-state index contributed by atoms with van der Waals surface area (Å²) in [6, 6.07) is 2.71. The summed E-state index contributed by atoms with van der Waals surface area (Å²) in [6.07, 6.45) is 0. The van der Waals surface area contributed by atoms with E-state index < -0.39 is 32.6 Å². The molecule has 1 N–H and O–H groups in total. The van der Waals surface area contributed by atoms with Crippen molar-refractivity contribution in [2.45, 2.75) is 17.9 Å². The van der Waals surface area contributed by atoms with Crippen molar-refractivity contribution in [3.05, 3.63) is 50.6 Å². The third-order valence-corrected chi connectivity index (χ3v) is 5.81. The van der Waals surface area contributed by atoms with Crippen LogP contribution in [0.5, 0.6) is 0 Å². The number of thiophene rings is 1. The molecule has 0 fully saturated rings. The lowest BCUT2D eigenvalue weighted by atomic mass is 10.2. The average Bonchev–Trinajstić information content (AvgIpc) is 2.78. The van der Waals surface area contributed by atoms with E-state index in [0.29, 0.717) is 6.07 Å². The van der Waals surface area contributed by atoms with Crippen molar-refractivity contribution in [2.75, 3.05) is 0 Å². The van der Waals surface area contributed by atoms with Crippen LogP contribution in [0.3, 0.4) is 0 Å². The Labute approximate surface area is 127 Å². The highest BCUT2D eigenvalue weighted by molar-refractivity contribution is 9.10. The lowest BCUT2D eigenvalue weighted by molar-refractivity contribution is 0.534. The second kappa shape index (κ2) is 5.88. The Morgan fingerprint density at radius 2 is 2.05 bits per heavy atom. The van der Waals surface area contributed by atoms with Gasteiger partial charge in [-0.2, -0.15) is 11.3 Å². The van der Waals surface area contributed by atoms with Gasteiger partial charge < -0.3 is 0 Å². The summed E-state index contributed by atoms with van der Waals surface area (Å²) in [5.41, 5.74) is 0.775. The number of benzene rings is 1. The molecule has 0 spiro atoms. The van der Waals surface area contributed by atoms with Crippen molar-refractivity contribution in [2.24, 2.45) is 0 Å². The van der Waals surface area contributed by atoms with E-state index in [1.54, 1.807) is 18.4 Å². The molecule has 2 aromatic rings. The summed E-state index contributed by atoms with van der Waals surface area (Å²) in [4.78, 5) is -0.596. The van der Waals surface area contributed by atoms with E-state index in [4.69, 9.17) is 0 Å². The van der Waals surface area contributed by atoms with E-state index in [9.17, 15) is 17.2 Å². The SMILES string of the molecule is CC(NS(=O)(=O)c1c(F)cc(F)cc1Br)c1ccsc1. The second-order valence-corrected chi connectivity index (χ2v) is 7.38. The summed E-state index contributed by atoms with van der Waals surface area (Å²) in [7, 11) is -4.10. The summed E-state index contributed by atoms with van der Waals surface area (Å²) in [5, 5.41) is 3.61. The Hall–Kier alpha value is -0.830. The third kappa shape index (κ3) is 3.25. The lowest BCUT2D eigenvalue weighted by Crippen LogP contribution is -2.27. The monoisotopic (exact) mass is 381 g/mol. The van der Waals surface area contributed by atoms with Gasteiger partial charge in [0.2, 0.25) is 10.0 Å². The van der Waals surface area contributed by atoms with Crippen molar-refractivity contribution in [1.29, 1.82) is 0 Å². The molecular weight excluding hydrogens is 372 g/mol. The molecule has 0 aliphatic heterocycles. The molecule has 0 radical (unpaired) electrons. The number of sulfonamides is 1. The van der Waals surface area contributed by atoms with Gasteiger partial charge >= 0.3 is 0 Å². The van der Waals surface area contributed by atoms with Crippen molar-refractivity contribution in [1.82, 2.24) is 4.72 Å². The molecule has 2 rings (SSSR count). The molecule has 0 aliphatic carbocycles. The number of nitrogens with one attached hydrogen (secondary N) is 1. The van der Waals surface area contributed by atoms with E-state index in [2.05, 4.69) is 20.7 Å². The fraction of sp³-hybridized carbons (Fsp3) is 0.167. The molecule has 0 saturated heterocycles. The predicted molar refractivity (Wildman–Crippen MR) is 77.1 cm³/mol. The van der Waals surface area contributed by atoms with Gasteiger partial charge in [0, 0.05) is 16.6 Å². The zero-order valence-corrected chi connectivity index (χ0v) is 13.4. The zero-order chi connectivity index (χ0) is 14.9. The minimum Gasteiger partial charge on any atom is -0.207 e. The van der Waals surface area contributed by atoms with Crippen LogP contribution in [0.2, 0.25) is 0 Å². The molecule has 8 heteroatoms. The van der Waals surface area contributed by atoms with E-state index in [-0.39, 0.29) is 4.47 Å². The van der Waals surface area contributed by atoms with Gasteiger partial charge in [0.05, 0.1) is 0 Å². The van der Waals surface area contributed by atoms with Crippen LogP contribution in [0, 0.1) is 11.6 Å². The highest BCUT2D eigenvalue weighted by Gasteiger charge is 2.25. The molecule has 1 atom stereocenters. The van der Waals surface area contributed by atoms with Crippen LogP contribution in [0.15, 0.2) is 38.3 Å². The molecule has 0 saturated carbocycles. The maximum absolute atomic E-state index is 13.7. The highest BCUT2D eigenvalue weighted by atomic mass is 79.9. The summed E-state index contributed by atoms with van der Waals surface area (Å²) >= 11 is 4.31. The zero-order valence-electron chi connectivity index (χ0n) is 10.2. The molecular formula is C12H10BrF2NO2S2. The van der Waals surface area contributed by atoms with Gasteiger partial charge in [0.15, 0.2) is 0 Å². The van der Waals surface area contributed by atoms with Crippen LogP contribution in [0.4, 0.5) is 8.78 Å². The van der Waals surface area contributed by atoms with Crippen LogP contribution in [0.25, 0.3) is 0 Å². The maximum atomic E-state index is 13.7. The van der Waals surface area contributed by atoms with E-state index in [0.717, 1.165) is 11.6 Å². The van der Waals surface area contributed by atoms with E-state index in [1.165, 1.54) is 11.3 Å². The first kappa shape index (κ1) is 15.6. The van der Waals surface area contributed by atoms with Crippen molar-refractivity contribution >= 4 is 37.3 Å². The number of rotatable bonds is 4. The Morgan fingerprint density at radius 3 is 2.60 bits per heavy atom. The Balaban J connectivity index is 2.37. The standard InChI is InChI=1S/C12H10BrF2NO2S2/c1-7(8-2-3-19-6-8)16-20(17,18)12-10(13)4-9(14)5-11(12)15/h2-7,16H,1H3. The van der Waals surface area contributed by atoms with Crippen molar-refractivity contribution in [3.63, 3.8) is 0 Å². The number of halogens is 3. The molecule has 0 amide bonds. The molecule has 3 nitrogen and oxygen atoms in total. The van der Waals surface area contributed by atoms with E-state index in [1.807, 2.05) is 5.38 Å². The lowest BCUT2D eigenvalue weighted by Gasteiger charge is -2.14. The maximum Gasteiger partial charge on any atom is 0.245 e. The molecule has 108 valence electrons. The Bertz CT molecular complexity index is 694. The average molecular weight is 382 g/mol. The number of hydrogen-bond acceptors (Lipinski definition) is 3. The largest absolute Gasteiger partial charge is 0.245 e. The van der Waals surface area contributed by atoms with E-state index >= 15 is 0 Å². The molecule has 20 heavy (non-hydrogen) atoms. The fourth-order valence-corrected chi connectivity index (χ4v) is 4.82. The topological polar surface area (TPSA) is 46.2 Å². The van der Waals surface area contributed by atoms with Gasteiger partial charge in [-0.1, -0.05) is 0 Å². The third-order valence-electron chi connectivity index (χ3n) is 2.61. The smallest absolute Gasteiger partial charge is 0.207 e. The predicted octanol–water partition coefficient (Wildman–Crippen LogP) is 3.83. The first-order valence-electron chi connectivity index (χ1n) is 5.50. The van der Waals surface area contributed by atoms with Crippen LogP contribution in [-0.4, -0.2) is 8.42 Å². The first-order valence-corrected chi connectivity index (χ1v) is 8.72. The number of hydrogen-bond donors (Lipinski definition) is 1. The molecule has 0 aliphatic rings. The second-order valence-electron chi connectivity index (χ2n) is 4.10. The quantitative estimate of drug-likeness (QED) is 0.874. The van der Waals surface area contributed by atoms with Gasteiger partial charge in [-0.05, 0) is 51.3 Å². The molecule has 1 aromatic heterocycles.